The van der Waals surface area contributed by atoms with Crippen molar-refractivity contribution in [3.63, 3.8) is 0 Å². The van der Waals surface area contributed by atoms with Crippen LogP contribution in [0.4, 0.5) is 5.69 Å². The second kappa shape index (κ2) is 7.29. The van der Waals surface area contributed by atoms with Crippen LogP contribution in [-0.4, -0.2) is 48.6 Å². The van der Waals surface area contributed by atoms with Crippen molar-refractivity contribution in [2.45, 2.75) is 18.1 Å². The van der Waals surface area contributed by atoms with Crippen LogP contribution in [0.15, 0.2) is 66.7 Å². The Morgan fingerprint density at radius 1 is 1.23 bits per heavy atom. The van der Waals surface area contributed by atoms with Crippen LogP contribution in [-0.2, 0) is 20.7 Å². The number of amides is 2. The fourth-order valence-electron chi connectivity index (χ4n) is 4.90. The first kappa shape index (κ1) is 18.9. The van der Waals surface area contributed by atoms with Gasteiger partial charge in [0.2, 0.25) is 11.8 Å². The summed E-state index contributed by atoms with van der Waals surface area (Å²) >= 11 is 0. The minimum atomic E-state index is -0.686. The van der Waals surface area contributed by atoms with Crippen molar-refractivity contribution >= 4 is 17.5 Å². The summed E-state index contributed by atoms with van der Waals surface area (Å²) in [7, 11) is 1.58. The van der Waals surface area contributed by atoms with E-state index in [1.165, 1.54) is 5.56 Å². The molecule has 0 saturated carbocycles. The van der Waals surface area contributed by atoms with Gasteiger partial charge < -0.3 is 19.7 Å². The molecule has 2 bridgehead atoms. The zero-order valence-electron chi connectivity index (χ0n) is 16.8. The van der Waals surface area contributed by atoms with E-state index in [1.807, 2.05) is 53.5 Å². The van der Waals surface area contributed by atoms with Gasteiger partial charge in [-0.15, -0.1) is 0 Å². The van der Waals surface area contributed by atoms with E-state index in [-0.39, 0.29) is 17.9 Å². The third-order valence-corrected chi connectivity index (χ3v) is 6.33. The van der Waals surface area contributed by atoms with Crippen LogP contribution in [0.1, 0.15) is 5.56 Å². The standard InChI is InChI=1S/C24H24N2O4/c1-29-18-9-5-8-17(14-18)25-22(27)20-19-10-12-24(30-19)15-26(23(28)21(20)24)13-11-16-6-3-2-4-7-16/h2-10,12,14,19-21H,11,13,15H2,1H3,(H,25,27)/t19-,20?,21?,24+/m0/s1. The average molecular weight is 404 g/mol. The molecule has 6 heteroatoms. The molecular weight excluding hydrogens is 380 g/mol. The maximum absolute atomic E-state index is 13.3. The molecule has 0 aromatic heterocycles. The molecule has 154 valence electrons. The molecule has 3 aliphatic heterocycles. The Morgan fingerprint density at radius 2 is 2.07 bits per heavy atom. The smallest absolute Gasteiger partial charge is 0.231 e. The predicted molar refractivity (Wildman–Crippen MR) is 112 cm³/mol. The van der Waals surface area contributed by atoms with Gasteiger partial charge in [-0.3, -0.25) is 9.59 Å². The fourth-order valence-corrected chi connectivity index (χ4v) is 4.90. The Bertz CT molecular complexity index is 1010. The molecule has 5 rings (SSSR count). The minimum absolute atomic E-state index is 0.00331. The van der Waals surface area contributed by atoms with Gasteiger partial charge in [-0.25, -0.2) is 0 Å². The van der Waals surface area contributed by atoms with Crippen molar-refractivity contribution in [2.24, 2.45) is 11.8 Å². The lowest BCUT2D eigenvalue weighted by molar-refractivity contribution is -0.135. The van der Waals surface area contributed by atoms with Crippen molar-refractivity contribution in [1.82, 2.24) is 4.90 Å². The van der Waals surface area contributed by atoms with Gasteiger partial charge in [0.15, 0.2) is 0 Å². The lowest BCUT2D eigenvalue weighted by Gasteiger charge is -2.23. The number of benzene rings is 2. The number of hydrogen-bond donors (Lipinski definition) is 1. The summed E-state index contributed by atoms with van der Waals surface area (Å²) in [6.45, 7) is 1.12. The van der Waals surface area contributed by atoms with Crippen molar-refractivity contribution in [1.29, 1.82) is 0 Å². The number of anilines is 1. The molecule has 2 amide bonds. The summed E-state index contributed by atoms with van der Waals surface area (Å²) in [5.74, 6) is -0.534. The molecule has 1 N–H and O–H groups in total. The second-order valence-electron chi connectivity index (χ2n) is 8.12. The minimum Gasteiger partial charge on any atom is -0.497 e. The number of ether oxygens (including phenoxy) is 2. The molecule has 3 heterocycles. The van der Waals surface area contributed by atoms with Gasteiger partial charge in [-0.1, -0.05) is 48.6 Å². The Kier molecular flexibility index (Phi) is 4.59. The summed E-state index contributed by atoms with van der Waals surface area (Å²) in [6.07, 6.45) is 4.34. The lowest BCUT2D eigenvalue weighted by atomic mass is 9.77. The van der Waals surface area contributed by atoms with Crippen molar-refractivity contribution in [2.75, 3.05) is 25.5 Å². The predicted octanol–water partition coefficient (Wildman–Crippen LogP) is 2.66. The molecular formula is C24H24N2O4. The molecule has 2 saturated heterocycles. The number of rotatable bonds is 6. The Hall–Kier alpha value is -3.12. The highest BCUT2D eigenvalue weighted by Gasteiger charge is 2.66. The Labute approximate surface area is 175 Å². The number of hydrogen-bond acceptors (Lipinski definition) is 4. The third kappa shape index (κ3) is 3.08. The van der Waals surface area contributed by atoms with Crippen molar-refractivity contribution in [3.8, 4) is 5.75 Å². The number of carbonyl (C=O) groups is 2. The zero-order chi connectivity index (χ0) is 20.7. The van der Waals surface area contributed by atoms with Gasteiger partial charge in [0, 0.05) is 18.3 Å². The van der Waals surface area contributed by atoms with E-state index in [4.69, 9.17) is 9.47 Å². The molecule has 4 atom stereocenters. The van der Waals surface area contributed by atoms with Crippen LogP contribution in [0, 0.1) is 11.8 Å². The SMILES string of the molecule is COc1cccc(NC(=O)C2C3C(=O)N(CCc4ccccc4)C[C@]34C=C[C@@H]2O4)c1. The van der Waals surface area contributed by atoms with E-state index in [9.17, 15) is 9.59 Å². The van der Waals surface area contributed by atoms with E-state index in [1.54, 1.807) is 13.2 Å². The van der Waals surface area contributed by atoms with Gasteiger partial charge in [0.25, 0.3) is 0 Å². The zero-order valence-corrected chi connectivity index (χ0v) is 16.8. The summed E-state index contributed by atoms with van der Waals surface area (Å²) in [5, 5.41) is 2.94. The molecule has 0 radical (unpaired) electrons. The molecule has 30 heavy (non-hydrogen) atoms. The molecule has 3 aliphatic rings. The quantitative estimate of drug-likeness (QED) is 0.752. The monoisotopic (exact) mass is 404 g/mol. The molecule has 2 fully saturated rings. The Balaban J connectivity index is 1.32. The number of carbonyl (C=O) groups excluding carboxylic acids is 2. The highest BCUT2D eigenvalue weighted by molar-refractivity contribution is 5.99. The molecule has 0 aliphatic carbocycles. The lowest BCUT2D eigenvalue weighted by Crippen LogP contribution is -2.41. The van der Waals surface area contributed by atoms with E-state index < -0.39 is 17.4 Å². The largest absolute Gasteiger partial charge is 0.497 e. The van der Waals surface area contributed by atoms with E-state index >= 15 is 0 Å². The maximum Gasteiger partial charge on any atom is 0.231 e. The van der Waals surface area contributed by atoms with Gasteiger partial charge in [0.05, 0.1) is 31.6 Å². The first-order chi connectivity index (χ1) is 14.6. The van der Waals surface area contributed by atoms with Crippen molar-refractivity contribution < 1.29 is 19.1 Å². The Morgan fingerprint density at radius 3 is 2.87 bits per heavy atom. The summed E-state index contributed by atoms with van der Waals surface area (Å²) in [6, 6.07) is 17.3. The van der Waals surface area contributed by atoms with Gasteiger partial charge in [-0.05, 0) is 24.1 Å². The van der Waals surface area contributed by atoms with Crippen LogP contribution in [0.25, 0.3) is 0 Å². The van der Waals surface area contributed by atoms with E-state index in [0.29, 0.717) is 24.5 Å². The van der Waals surface area contributed by atoms with E-state index in [2.05, 4.69) is 17.4 Å². The number of likely N-dealkylation sites (tertiary alicyclic amines) is 1. The average Bonchev–Trinajstić information content (AvgIpc) is 3.41. The first-order valence-corrected chi connectivity index (χ1v) is 10.2. The first-order valence-electron chi connectivity index (χ1n) is 10.2. The second-order valence-corrected chi connectivity index (χ2v) is 8.12. The number of nitrogens with one attached hydrogen (secondary N) is 1. The number of nitrogens with zero attached hydrogens (tertiary/aromatic N) is 1. The van der Waals surface area contributed by atoms with Crippen LogP contribution in [0.2, 0.25) is 0 Å². The van der Waals surface area contributed by atoms with Crippen LogP contribution in [0.3, 0.4) is 0 Å². The van der Waals surface area contributed by atoms with Crippen molar-refractivity contribution in [3.05, 3.63) is 72.3 Å². The van der Waals surface area contributed by atoms with Gasteiger partial charge in [-0.2, -0.15) is 0 Å². The van der Waals surface area contributed by atoms with Gasteiger partial charge in [0.1, 0.15) is 11.4 Å². The topological polar surface area (TPSA) is 67.9 Å². The van der Waals surface area contributed by atoms with Crippen LogP contribution < -0.4 is 10.1 Å². The summed E-state index contributed by atoms with van der Waals surface area (Å²) in [5.41, 5.74) is 1.15. The van der Waals surface area contributed by atoms with Gasteiger partial charge >= 0.3 is 0 Å². The highest BCUT2D eigenvalue weighted by Crippen LogP contribution is 2.52. The summed E-state index contributed by atoms with van der Waals surface area (Å²) in [4.78, 5) is 28.3. The molecule has 2 aromatic carbocycles. The molecule has 2 unspecified atom stereocenters. The van der Waals surface area contributed by atoms with Crippen LogP contribution in [0.5, 0.6) is 5.75 Å². The highest BCUT2D eigenvalue weighted by atomic mass is 16.5. The number of fused-ring (bicyclic) bond motifs is 1. The molecule has 2 aromatic rings. The third-order valence-electron chi connectivity index (χ3n) is 6.33. The normalized spacial score (nSPS) is 28.6. The maximum atomic E-state index is 13.3. The molecule has 6 nitrogen and oxygen atoms in total. The van der Waals surface area contributed by atoms with E-state index in [0.717, 1.165) is 6.42 Å². The fraction of sp³-hybridized carbons (Fsp3) is 0.333. The summed E-state index contributed by atoms with van der Waals surface area (Å²) < 4.78 is 11.4. The number of methoxy groups -OCH3 is 1. The molecule has 1 spiro atoms. The van der Waals surface area contributed by atoms with Crippen LogP contribution >= 0.6 is 0 Å².